The van der Waals surface area contributed by atoms with Gasteiger partial charge in [0.25, 0.3) is 0 Å². The molecule has 0 aliphatic carbocycles. The van der Waals surface area contributed by atoms with Crippen LogP contribution in [0.1, 0.15) is 5.56 Å². The molecule has 106 valence electrons. The summed E-state index contributed by atoms with van der Waals surface area (Å²) in [4.78, 5) is -0.497. The fourth-order valence-corrected chi connectivity index (χ4v) is 2.71. The Kier molecular flexibility index (Phi) is 4.01. The van der Waals surface area contributed by atoms with Gasteiger partial charge < -0.3 is 5.73 Å². The number of halogens is 2. The number of nitrogens with two attached hydrogens (primary N) is 1. The molecule has 2 rings (SSSR count). The normalized spacial score (nSPS) is 11.5. The number of hydrogen-bond donors (Lipinski definition) is 2. The first kappa shape index (κ1) is 14.4. The second-order valence-corrected chi connectivity index (χ2v) is 5.88. The average Bonchev–Trinajstić information content (AvgIpc) is 2.36. The molecule has 0 spiro atoms. The SMILES string of the molecule is Nc1ccc(S(=O)(=O)NCc2cccc(F)c2)c(F)c1. The van der Waals surface area contributed by atoms with Crippen LogP contribution in [0.5, 0.6) is 0 Å². The van der Waals surface area contributed by atoms with Crippen LogP contribution in [0.2, 0.25) is 0 Å². The first-order chi connectivity index (χ1) is 9.38. The van der Waals surface area contributed by atoms with Gasteiger partial charge in [-0.05, 0) is 35.9 Å². The highest BCUT2D eigenvalue weighted by Gasteiger charge is 2.18. The molecule has 0 heterocycles. The van der Waals surface area contributed by atoms with E-state index in [4.69, 9.17) is 5.73 Å². The van der Waals surface area contributed by atoms with Crippen LogP contribution < -0.4 is 10.5 Å². The number of rotatable bonds is 4. The summed E-state index contributed by atoms with van der Waals surface area (Å²) >= 11 is 0. The van der Waals surface area contributed by atoms with Crippen molar-refractivity contribution in [2.45, 2.75) is 11.4 Å². The molecule has 7 heteroatoms. The van der Waals surface area contributed by atoms with Crippen molar-refractivity contribution in [2.75, 3.05) is 5.73 Å². The Labute approximate surface area is 115 Å². The van der Waals surface area contributed by atoms with Gasteiger partial charge in [-0.25, -0.2) is 21.9 Å². The maximum Gasteiger partial charge on any atom is 0.243 e. The largest absolute Gasteiger partial charge is 0.399 e. The molecule has 0 radical (unpaired) electrons. The molecule has 0 amide bonds. The first-order valence-corrected chi connectivity index (χ1v) is 7.16. The van der Waals surface area contributed by atoms with Gasteiger partial charge in [-0.1, -0.05) is 12.1 Å². The molecule has 0 saturated carbocycles. The van der Waals surface area contributed by atoms with Crippen LogP contribution in [-0.4, -0.2) is 8.42 Å². The number of nitrogen functional groups attached to an aromatic ring is 1. The third kappa shape index (κ3) is 3.31. The van der Waals surface area contributed by atoms with E-state index in [2.05, 4.69) is 4.72 Å². The summed E-state index contributed by atoms with van der Waals surface area (Å²) < 4.78 is 52.6. The molecule has 2 aromatic carbocycles. The van der Waals surface area contributed by atoms with Crippen LogP contribution in [0.25, 0.3) is 0 Å². The van der Waals surface area contributed by atoms with Gasteiger partial charge in [0, 0.05) is 12.2 Å². The van der Waals surface area contributed by atoms with Gasteiger partial charge in [0.05, 0.1) is 0 Å². The molecule has 0 atom stereocenters. The predicted molar refractivity (Wildman–Crippen MR) is 71.2 cm³/mol. The van der Waals surface area contributed by atoms with Gasteiger partial charge in [0.1, 0.15) is 16.5 Å². The van der Waals surface area contributed by atoms with Gasteiger partial charge in [0.2, 0.25) is 10.0 Å². The summed E-state index contributed by atoms with van der Waals surface area (Å²) in [6, 6.07) is 8.77. The predicted octanol–water partition coefficient (Wildman–Crippen LogP) is 2.03. The molecule has 0 fully saturated rings. The van der Waals surface area contributed by atoms with Crippen molar-refractivity contribution in [1.82, 2.24) is 4.72 Å². The molecule has 0 bridgehead atoms. The first-order valence-electron chi connectivity index (χ1n) is 5.67. The van der Waals surface area contributed by atoms with Crippen LogP contribution in [0.3, 0.4) is 0 Å². The van der Waals surface area contributed by atoms with Gasteiger partial charge in [-0.3, -0.25) is 0 Å². The molecule has 20 heavy (non-hydrogen) atoms. The summed E-state index contributed by atoms with van der Waals surface area (Å²) in [5, 5.41) is 0. The maximum atomic E-state index is 13.6. The Bertz CT molecular complexity index is 733. The van der Waals surface area contributed by atoms with Crippen LogP contribution in [0.4, 0.5) is 14.5 Å². The minimum atomic E-state index is -4.02. The number of nitrogens with one attached hydrogen (secondary N) is 1. The Morgan fingerprint density at radius 3 is 2.50 bits per heavy atom. The van der Waals surface area contributed by atoms with E-state index in [1.807, 2.05) is 0 Å². The van der Waals surface area contributed by atoms with Crippen LogP contribution >= 0.6 is 0 Å². The Morgan fingerprint density at radius 2 is 1.85 bits per heavy atom. The highest BCUT2D eigenvalue weighted by Crippen LogP contribution is 2.17. The summed E-state index contributed by atoms with van der Waals surface area (Å²) in [5.74, 6) is -1.41. The van der Waals surface area contributed by atoms with Crippen molar-refractivity contribution in [3.8, 4) is 0 Å². The lowest BCUT2D eigenvalue weighted by Crippen LogP contribution is -2.24. The lowest BCUT2D eigenvalue weighted by Gasteiger charge is -2.08. The highest BCUT2D eigenvalue weighted by atomic mass is 32.2. The second kappa shape index (κ2) is 5.56. The zero-order valence-corrected chi connectivity index (χ0v) is 11.1. The van der Waals surface area contributed by atoms with Gasteiger partial charge in [0.15, 0.2) is 0 Å². The van der Waals surface area contributed by atoms with Crippen molar-refractivity contribution in [1.29, 1.82) is 0 Å². The van der Waals surface area contributed by atoms with E-state index in [9.17, 15) is 17.2 Å². The van der Waals surface area contributed by atoms with Gasteiger partial charge in [-0.2, -0.15) is 0 Å². The molecule has 2 aromatic rings. The summed E-state index contributed by atoms with van der Waals surface area (Å²) in [6.45, 7) is -0.135. The molecule has 4 nitrogen and oxygen atoms in total. The molecular formula is C13H12F2N2O2S. The molecule has 0 saturated heterocycles. The third-order valence-corrected chi connectivity index (χ3v) is 4.04. The Hall–Kier alpha value is -1.99. The molecule has 0 aromatic heterocycles. The summed E-state index contributed by atoms with van der Waals surface area (Å²) in [6.07, 6.45) is 0. The smallest absolute Gasteiger partial charge is 0.243 e. The minimum absolute atomic E-state index is 0.131. The Balaban J connectivity index is 2.19. The topological polar surface area (TPSA) is 72.2 Å². The summed E-state index contributed by atoms with van der Waals surface area (Å²) in [7, 11) is -4.02. The lowest BCUT2D eigenvalue weighted by molar-refractivity contribution is 0.556. The van der Waals surface area contributed by atoms with Crippen LogP contribution in [0, 0.1) is 11.6 Å². The summed E-state index contributed by atoms with van der Waals surface area (Å²) in [5.41, 5.74) is 5.92. The zero-order chi connectivity index (χ0) is 14.8. The number of anilines is 1. The van der Waals surface area contributed by atoms with Crippen molar-refractivity contribution in [3.63, 3.8) is 0 Å². The minimum Gasteiger partial charge on any atom is -0.399 e. The van der Waals surface area contributed by atoms with E-state index in [0.29, 0.717) is 5.56 Å². The van der Waals surface area contributed by atoms with E-state index < -0.39 is 26.6 Å². The van der Waals surface area contributed by atoms with E-state index in [-0.39, 0.29) is 12.2 Å². The zero-order valence-electron chi connectivity index (χ0n) is 10.3. The van der Waals surface area contributed by atoms with E-state index in [1.54, 1.807) is 6.07 Å². The number of hydrogen-bond acceptors (Lipinski definition) is 3. The van der Waals surface area contributed by atoms with Gasteiger partial charge in [-0.15, -0.1) is 0 Å². The quantitative estimate of drug-likeness (QED) is 0.848. The van der Waals surface area contributed by atoms with Crippen LogP contribution in [-0.2, 0) is 16.6 Å². The fourth-order valence-electron chi connectivity index (χ4n) is 1.64. The molecule has 0 aliphatic heterocycles. The van der Waals surface area contributed by atoms with Crippen molar-refractivity contribution in [2.24, 2.45) is 0 Å². The van der Waals surface area contributed by atoms with E-state index >= 15 is 0 Å². The molecule has 0 aliphatic rings. The monoisotopic (exact) mass is 298 g/mol. The lowest BCUT2D eigenvalue weighted by atomic mass is 10.2. The third-order valence-electron chi connectivity index (χ3n) is 2.60. The molecule has 0 unspecified atom stereocenters. The van der Waals surface area contributed by atoms with Gasteiger partial charge >= 0.3 is 0 Å². The van der Waals surface area contributed by atoms with Crippen molar-refractivity contribution >= 4 is 15.7 Å². The van der Waals surface area contributed by atoms with Crippen molar-refractivity contribution in [3.05, 3.63) is 59.7 Å². The molecular weight excluding hydrogens is 286 g/mol. The molecule has 3 N–H and O–H groups in total. The fraction of sp³-hybridized carbons (Fsp3) is 0.0769. The highest BCUT2D eigenvalue weighted by molar-refractivity contribution is 7.89. The van der Waals surface area contributed by atoms with E-state index in [1.165, 1.54) is 24.3 Å². The van der Waals surface area contributed by atoms with Crippen molar-refractivity contribution < 1.29 is 17.2 Å². The standard InChI is InChI=1S/C13H12F2N2O2S/c14-10-3-1-2-9(6-10)8-17-20(18,19)13-5-4-11(16)7-12(13)15/h1-7,17H,8,16H2. The average molecular weight is 298 g/mol. The maximum absolute atomic E-state index is 13.6. The number of sulfonamides is 1. The second-order valence-electron chi connectivity index (χ2n) is 4.14. The number of benzene rings is 2. The van der Waals surface area contributed by atoms with E-state index in [0.717, 1.165) is 12.1 Å². The Morgan fingerprint density at radius 1 is 1.10 bits per heavy atom. The van der Waals surface area contributed by atoms with Crippen LogP contribution in [0.15, 0.2) is 47.4 Å².